The van der Waals surface area contributed by atoms with E-state index in [4.69, 9.17) is 5.73 Å². The molecule has 1 atom stereocenters. The Morgan fingerprint density at radius 3 is 3.10 bits per heavy atom. The molecule has 106 valence electrons. The van der Waals surface area contributed by atoms with E-state index in [1.165, 1.54) is 18.6 Å². The van der Waals surface area contributed by atoms with E-state index in [1.807, 2.05) is 0 Å². The molecule has 1 saturated heterocycles. The predicted octanol–water partition coefficient (Wildman–Crippen LogP) is 1.79. The van der Waals surface area contributed by atoms with Crippen molar-refractivity contribution in [2.45, 2.75) is 25.3 Å². The molecule has 1 aliphatic rings. The lowest BCUT2D eigenvalue weighted by Gasteiger charge is -2.34. The fraction of sp³-hybridized carbons (Fsp3) is 0.462. The van der Waals surface area contributed by atoms with E-state index in [2.05, 4.69) is 14.9 Å². The average molecular weight is 275 g/mol. The van der Waals surface area contributed by atoms with E-state index in [9.17, 15) is 10.1 Å². The van der Waals surface area contributed by atoms with Crippen molar-refractivity contribution in [2.75, 3.05) is 18.0 Å². The lowest BCUT2D eigenvalue weighted by atomic mass is 10.0. The number of hydrogen-bond donors (Lipinski definition) is 2. The van der Waals surface area contributed by atoms with Crippen molar-refractivity contribution in [1.82, 2.24) is 9.97 Å². The molecular formula is C13H17N5O2. The number of nitrogens with two attached hydrogens (primary N) is 1. The van der Waals surface area contributed by atoms with E-state index in [-0.39, 0.29) is 5.69 Å². The molecule has 0 saturated carbocycles. The smallest absolute Gasteiger partial charge is 0.271 e. The van der Waals surface area contributed by atoms with Gasteiger partial charge in [-0.1, -0.05) is 0 Å². The van der Waals surface area contributed by atoms with Gasteiger partial charge in [-0.3, -0.25) is 10.1 Å². The molecule has 0 bridgehead atoms. The van der Waals surface area contributed by atoms with Crippen LogP contribution in [0.4, 0.5) is 11.6 Å². The summed E-state index contributed by atoms with van der Waals surface area (Å²) < 4.78 is 0. The monoisotopic (exact) mass is 275 g/mol. The largest absolute Gasteiger partial charge is 0.338 e. The van der Waals surface area contributed by atoms with Crippen molar-refractivity contribution in [3.63, 3.8) is 0 Å². The number of fused-ring (bicyclic) bond motifs is 1. The van der Waals surface area contributed by atoms with Crippen LogP contribution in [0.25, 0.3) is 11.0 Å². The molecule has 7 nitrogen and oxygen atoms in total. The van der Waals surface area contributed by atoms with Gasteiger partial charge in [-0.25, -0.2) is 4.98 Å². The number of aromatic amines is 1. The summed E-state index contributed by atoms with van der Waals surface area (Å²) in [5.41, 5.74) is 7.32. The molecule has 3 rings (SSSR count). The number of hydrogen-bond acceptors (Lipinski definition) is 5. The summed E-state index contributed by atoms with van der Waals surface area (Å²) in [6.45, 7) is 1.51. The molecule has 1 aromatic carbocycles. The lowest BCUT2D eigenvalue weighted by Crippen LogP contribution is -2.44. The Balaban J connectivity index is 1.97. The summed E-state index contributed by atoms with van der Waals surface area (Å²) in [6.07, 6.45) is 3.37. The van der Waals surface area contributed by atoms with Gasteiger partial charge < -0.3 is 15.6 Å². The summed E-state index contributed by atoms with van der Waals surface area (Å²) in [6, 6.07) is 4.96. The third-order valence-corrected chi connectivity index (χ3v) is 3.84. The van der Waals surface area contributed by atoms with Gasteiger partial charge in [0.15, 0.2) is 0 Å². The van der Waals surface area contributed by atoms with Crippen molar-refractivity contribution in [2.24, 2.45) is 5.73 Å². The summed E-state index contributed by atoms with van der Waals surface area (Å²) in [4.78, 5) is 20.3. The Morgan fingerprint density at radius 2 is 2.35 bits per heavy atom. The van der Waals surface area contributed by atoms with Crippen LogP contribution in [0.3, 0.4) is 0 Å². The van der Waals surface area contributed by atoms with Gasteiger partial charge in [0.1, 0.15) is 0 Å². The van der Waals surface area contributed by atoms with Crippen LogP contribution < -0.4 is 10.6 Å². The van der Waals surface area contributed by atoms with E-state index < -0.39 is 4.92 Å². The number of non-ortho nitro benzene ring substituents is 1. The molecular weight excluding hydrogens is 258 g/mol. The first kappa shape index (κ1) is 12.9. The van der Waals surface area contributed by atoms with Crippen molar-refractivity contribution in [3.8, 4) is 0 Å². The Labute approximate surface area is 115 Å². The minimum atomic E-state index is -0.399. The lowest BCUT2D eigenvalue weighted by molar-refractivity contribution is -0.384. The zero-order chi connectivity index (χ0) is 14.1. The second-order valence-corrected chi connectivity index (χ2v) is 5.10. The Bertz CT molecular complexity index is 639. The van der Waals surface area contributed by atoms with Crippen LogP contribution in [0.5, 0.6) is 0 Å². The highest BCUT2D eigenvalue weighted by Gasteiger charge is 2.24. The number of anilines is 1. The average Bonchev–Trinajstić information content (AvgIpc) is 2.89. The van der Waals surface area contributed by atoms with Crippen molar-refractivity contribution in [3.05, 3.63) is 28.3 Å². The minimum Gasteiger partial charge on any atom is -0.338 e. The standard InChI is InChI=1S/C13H17N5O2/c14-8-10-3-1-2-6-17(10)13-15-11-5-4-9(18(19)20)7-12(11)16-13/h4-5,7,10H,1-3,6,8,14H2,(H,15,16). The predicted molar refractivity (Wildman–Crippen MR) is 76.8 cm³/mol. The molecule has 7 heteroatoms. The van der Waals surface area contributed by atoms with Crippen LogP contribution >= 0.6 is 0 Å². The van der Waals surface area contributed by atoms with Crippen LogP contribution in [-0.4, -0.2) is 34.0 Å². The van der Waals surface area contributed by atoms with E-state index in [0.29, 0.717) is 18.1 Å². The number of benzene rings is 1. The quantitative estimate of drug-likeness (QED) is 0.657. The summed E-state index contributed by atoms with van der Waals surface area (Å²) in [7, 11) is 0. The van der Waals surface area contributed by atoms with E-state index in [0.717, 1.165) is 30.9 Å². The first-order valence-corrected chi connectivity index (χ1v) is 6.80. The van der Waals surface area contributed by atoms with Gasteiger partial charge in [0.2, 0.25) is 5.95 Å². The summed E-state index contributed by atoms with van der Waals surface area (Å²) in [5, 5.41) is 10.8. The molecule has 2 heterocycles. The fourth-order valence-electron chi connectivity index (χ4n) is 2.76. The van der Waals surface area contributed by atoms with Crippen molar-refractivity contribution < 1.29 is 4.92 Å². The molecule has 2 aromatic rings. The van der Waals surface area contributed by atoms with Crippen LogP contribution in [0.15, 0.2) is 18.2 Å². The van der Waals surface area contributed by atoms with Gasteiger partial charge in [0, 0.05) is 31.3 Å². The molecule has 0 spiro atoms. The highest BCUT2D eigenvalue weighted by atomic mass is 16.6. The van der Waals surface area contributed by atoms with Gasteiger partial charge in [-0.15, -0.1) is 0 Å². The Morgan fingerprint density at radius 1 is 1.50 bits per heavy atom. The second kappa shape index (κ2) is 5.09. The van der Waals surface area contributed by atoms with Crippen LogP contribution in [0.1, 0.15) is 19.3 Å². The molecule has 1 aliphatic heterocycles. The SMILES string of the molecule is NCC1CCCCN1c1nc2ccc([N+](=O)[O-])cc2[nH]1. The second-order valence-electron chi connectivity index (χ2n) is 5.10. The van der Waals surface area contributed by atoms with E-state index in [1.54, 1.807) is 6.07 Å². The molecule has 1 fully saturated rings. The van der Waals surface area contributed by atoms with Crippen molar-refractivity contribution >= 4 is 22.7 Å². The van der Waals surface area contributed by atoms with Crippen molar-refractivity contribution in [1.29, 1.82) is 0 Å². The number of nitro groups is 1. The molecule has 0 aliphatic carbocycles. The highest BCUT2D eigenvalue weighted by Crippen LogP contribution is 2.26. The molecule has 3 N–H and O–H groups in total. The summed E-state index contributed by atoms with van der Waals surface area (Å²) in [5.74, 6) is 0.760. The van der Waals surface area contributed by atoms with Gasteiger partial charge in [-0.2, -0.15) is 0 Å². The number of aromatic nitrogens is 2. The number of piperidine rings is 1. The van der Waals surface area contributed by atoms with Gasteiger partial charge in [0.25, 0.3) is 5.69 Å². The van der Waals surface area contributed by atoms with Crippen LogP contribution in [0, 0.1) is 10.1 Å². The van der Waals surface area contributed by atoms with Gasteiger partial charge in [-0.05, 0) is 25.3 Å². The molecule has 1 aromatic heterocycles. The zero-order valence-corrected chi connectivity index (χ0v) is 11.1. The summed E-state index contributed by atoms with van der Waals surface area (Å²) >= 11 is 0. The highest BCUT2D eigenvalue weighted by molar-refractivity contribution is 5.80. The van der Waals surface area contributed by atoms with Crippen LogP contribution in [-0.2, 0) is 0 Å². The van der Waals surface area contributed by atoms with Crippen LogP contribution in [0.2, 0.25) is 0 Å². The Kier molecular flexibility index (Phi) is 3.27. The third kappa shape index (κ3) is 2.20. The number of nitro benzene ring substituents is 1. The number of rotatable bonds is 3. The molecule has 0 amide bonds. The topological polar surface area (TPSA) is 101 Å². The zero-order valence-electron chi connectivity index (χ0n) is 11.1. The molecule has 1 unspecified atom stereocenters. The Hall–Kier alpha value is -2.15. The van der Waals surface area contributed by atoms with Gasteiger partial charge >= 0.3 is 0 Å². The minimum absolute atomic E-state index is 0.0710. The fourth-order valence-corrected chi connectivity index (χ4v) is 2.76. The van der Waals surface area contributed by atoms with Gasteiger partial charge in [0.05, 0.1) is 16.0 Å². The maximum absolute atomic E-state index is 10.8. The number of H-pyrrole nitrogens is 1. The maximum atomic E-state index is 10.8. The number of imidazole rings is 1. The molecule has 0 radical (unpaired) electrons. The number of nitrogens with zero attached hydrogens (tertiary/aromatic N) is 3. The molecule has 20 heavy (non-hydrogen) atoms. The first-order chi connectivity index (χ1) is 9.69. The third-order valence-electron chi connectivity index (χ3n) is 3.84. The number of nitrogens with one attached hydrogen (secondary N) is 1. The maximum Gasteiger partial charge on any atom is 0.271 e. The first-order valence-electron chi connectivity index (χ1n) is 6.80. The van der Waals surface area contributed by atoms with E-state index >= 15 is 0 Å². The normalized spacial score (nSPS) is 19.4.